The van der Waals surface area contributed by atoms with Gasteiger partial charge >= 0.3 is 6.09 Å². The lowest BCUT2D eigenvalue weighted by molar-refractivity contribution is 0.0733. The first-order valence-electron chi connectivity index (χ1n) is 13.2. The third-order valence-electron chi connectivity index (χ3n) is 7.17. The molecule has 2 amide bonds. The molecule has 1 aromatic heterocycles. The first kappa shape index (κ1) is 28.2. The Morgan fingerprint density at radius 3 is 2.46 bits per heavy atom. The number of hydrogen-bond acceptors (Lipinski definition) is 6. The quantitative estimate of drug-likeness (QED) is 0.336. The average Bonchev–Trinajstić information content (AvgIpc) is 3.29. The minimum absolute atomic E-state index is 0.0386. The largest absolute Gasteiger partial charge is 0.491 e. The number of carbonyl (C=O) groups excluding carboxylic acids is 1. The number of carboxylic acid groups (broad SMARTS) is 1. The molecule has 214 valence electrons. The van der Waals surface area contributed by atoms with Gasteiger partial charge in [-0.3, -0.25) is 4.79 Å². The second-order valence-corrected chi connectivity index (χ2v) is 13.1. The Labute approximate surface area is 238 Å². The van der Waals surface area contributed by atoms with Crippen LogP contribution >= 0.6 is 0 Å². The average molecular weight is 577 g/mol. The number of amides is 2. The highest BCUT2D eigenvalue weighted by atomic mass is 32.2. The van der Waals surface area contributed by atoms with Crippen LogP contribution in [0, 0.1) is 0 Å². The van der Waals surface area contributed by atoms with E-state index in [0.717, 1.165) is 38.4 Å². The molecule has 0 bridgehead atoms. The number of nitrogens with zero attached hydrogens (tertiary/aromatic N) is 3. The molecule has 11 heteroatoms. The van der Waals surface area contributed by atoms with Crippen molar-refractivity contribution in [2.75, 3.05) is 25.4 Å². The number of nitrogens with one attached hydrogen (secondary N) is 1. The summed E-state index contributed by atoms with van der Waals surface area (Å²) in [5.74, 6) is 0.123. The van der Waals surface area contributed by atoms with Crippen LogP contribution in [0.2, 0.25) is 0 Å². The number of rotatable bonds is 6. The topological polar surface area (TPSA) is 133 Å². The molecule has 10 nitrogen and oxygen atoms in total. The summed E-state index contributed by atoms with van der Waals surface area (Å²) >= 11 is 0. The lowest BCUT2D eigenvalue weighted by Gasteiger charge is -2.33. The molecule has 1 aliphatic rings. The van der Waals surface area contributed by atoms with E-state index in [9.17, 15) is 23.1 Å². The van der Waals surface area contributed by atoms with Crippen molar-refractivity contribution in [2.45, 2.75) is 37.8 Å². The zero-order valence-corrected chi connectivity index (χ0v) is 23.9. The van der Waals surface area contributed by atoms with Gasteiger partial charge in [0, 0.05) is 29.8 Å². The number of fused-ring (bicyclic) bond motifs is 2. The van der Waals surface area contributed by atoms with E-state index in [0.29, 0.717) is 25.3 Å². The van der Waals surface area contributed by atoms with Gasteiger partial charge < -0.3 is 24.6 Å². The van der Waals surface area contributed by atoms with Gasteiger partial charge in [-0.05, 0) is 80.4 Å². The molecule has 2 heterocycles. The summed E-state index contributed by atoms with van der Waals surface area (Å²) < 4.78 is 31.8. The number of carbonyl (C=O) groups is 2. The number of sulfone groups is 1. The Bertz CT molecular complexity index is 1710. The van der Waals surface area contributed by atoms with Crippen molar-refractivity contribution in [3.05, 3.63) is 78.1 Å². The smallest absolute Gasteiger partial charge is 0.407 e. The molecular formula is C30H32N4O6S. The van der Waals surface area contributed by atoms with E-state index in [1.807, 2.05) is 36.4 Å². The lowest BCUT2D eigenvalue weighted by Crippen LogP contribution is -2.47. The van der Waals surface area contributed by atoms with Gasteiger partial charge in [0.2, 0.25) is 0 Å². The summed E-state index contributed by atoms with van der Waals surface area (Å²) in [5.41, 5.74) is 4.31. The molecule has 4 aromatic rings. The van der Waals surface area contributed by atoms with Gasteiger partial charge in [-0.15, -0.1) is 0 Å². The molecule has 0 saturated heterocycles. The third-order valence-corrected chi connectivity index (χ3v) is 8.88. The summed E-state index contributed by atoms with van der Waals surface area (Å²) in [6.45, 7) is 6.02. The summed E-state index contributed by atoms with van der Waals surface area (Å²) in [5, 5.41) is 9.46. The van der Waals surface area contributed by atoms with Gasteiger partial charge in [0.05, 0.1) is 34.6 Å². The van der Waals surface area contributed by atoms with Crippen LogP contribution in [0.15, 0.2) is 71.9 Å². The van der Waals surface area contributed by atoms with Gasteiger partial charge in [-0.1, -0.05) is 12.1 Å². The molecule has 0 unspecified atom stereocenters. The fourth-order valence-corrected chi connectivity index (χ4v) is 6.11. The van der Waals surface area contributed by atoms with E-state index in [2.05, 4.69) is 9.97 Å². The Kier molecular flexibility index (Phi) is 7.48. The van der Waals surface area contributed by atoms with Crippen molar-refractivity contribution in [1.29, 1.82) is 0 Å². The number of benzene rings is 3. The van der Waals surface area contributed by atoms with E-state index in [1.54, 1.807) is 32.0 Å². The van der Waals surface area contributed by atoms with Crippen LogP contribution in [-0.2, 0) is 16.4 Å². The molecule has 41 heavy (non-hydrogen) atoms. The van der Waals surface area contributed by atoms with Crippen LogP contribution < -0.4 is 4.74 Å². The maximum atomic E-state index is 13.4. The molecule has 0 saturated carbocycles. The molecule has 0 spiro atoms. The molecule has 0 atom stereocenters. The van der Waals surface area contributed by atoms with Crippen LogP contribution in [0.3, 0.4) is 0 Å². The molecule has 2 N–H and O–H groups in total. The summed E-state index contributed by atoms with van der Waals surface area (Å²) in [6, 6.07) is 17.7. The molecule has 0 fully saturated rings. The molecule has 3 aromatic carbocycles. The first-order chi connectivity index (χ1) is 19.4. The number of aromatic nitrogens is 2. The van der Waals surface area contributed by atoms with Gasteiger partial charge in [0.1, 0.15) is 12.4 Å². The van der Waals surface area contributed by atoms with Crippen molar-refractivity contribution in [1.82, 2.24) is 19.8 Å². The Morgan fingerprint density at radius 1 is 1.05 bits per heavy atom. The standard InChI is InChI=1S/C30H32N4O6S/c1-30(2,3)34(29(36)37)13-15-41(38,39)24-8-4-20(5-9-24)28(35)33-12-14-40-27-11-7-21(16-23(27)18-33)22-6-10-25-26(17-22)32-19-31-25/h4-11,16-17,19H,12-15,18H2,1-3H3,(H,31,32)(H,36,37). The van der Waals surface area contributed by atoms with Gasteiger partial charge in [0.25, 0.3) is 5.91 Å². The molecule has 1 aliphatic heterocycles. The maximum Gasteiger partial charge on any atom is 0.407 e. The van der Waals surface area contributed by atoms with Crippen LogP contribution in [0.25, 0.3) is 22.2 Å². The van der Waals surface area contributed by atoms with E-state index < -0.39 is 21.5 Å². The summed E-state index contributed by atoms with van der Waals surface area (Å²) in [6.07, 6.45) is 0.479. The molecule has 0 radical (unpaired) electrons. The van der Waals surface area contributed by atoms with E-state index in [4.69, 9.17) is 4.74 Å². The predicted molar refractivity (Wildman–Crippen MR) is 155 cm³/mol. The minimum Gasteiger partial charge on any atom is -0.491 e. The SMILES string of the molecule is CC(C)(C)N(CCS(=O)(=O)c1ccc(C(=O)N2CCOc3ccc(-c4ccc5nc[nH]c5c4)cc3C2)cc1)C(=O)O. The monoisotopic (exact) mass is 576 g/mol. The maximum absolute atomic E-state index is 13.4. The van der Waals surface area contributed by atoms with E-state index in [1.165, 1.54) is 24.3 Å². The number of hydrogen-bond donors (Lipinski definition) is 2. The van der Waals surface area contributed by atoms with Crippen molar-refractivity contribution >= 4 is 32.9 Å². The first-order valence-corrected chi connectivity index (χ1v) is 14.9. The highest BCUT2D eigenvalue weighted by Gasteiger charge is 2.28. The minimum atomic E-state index is -3.76. The molecule has 0 aliphatic carbocycles. The predicted octanol–water partition coefficient (Wildman–Crippen LogP) is 4.82. The second-order valence-electron chi connectivity index (χ2n) is 11.0. The van der Waals surface area contributed by atoms with Crippen molar-refractivity contribution < 1.29 is 27.9 Å². The molecular weight excluding hydrogens is 544 g/mol. The van der Waals surface area contributed by atoms with Crippen LogP contribution in [0.1, 0.15) is 36.7 Å². The third kappa shape index (κ3) is 6.04. The van der Waals surface area contributed by atoms with Crippen LogP contribution in [0.5, 0.6) is 5.75 Å². The zero-order chi connectivity index (χ0) is 29.4. The Morgan fingerprint density at radius 2 is 1.76 bits per heavy atom. The summed E-state index contributed by atoms with van der Waals surface area (Å²) in [7, 11) is -3.76. The van der Waals surface area contributed by atoms with Crippen LogP contribution in [0.4, 0.5) is 4.79 Å². The summed E-state index contributed by atoms with van der Waals surface area (Å²) in [4.78, 5) is 35.2. The van der Waals surface area contributed by atoms with Crippen LogP contribution in [-0.4, -0.2) is 76.3 Å². The number of ether oxygens (including phenoxy) is 1. The Hall–Kier alpha value is -4.38. The van der Waals surface area contributed by atoms with Crippen molar-refractivity contribution in [2.24, 2.45) is 0 Å². The van der Waals surface area contributed by atoms with Gasteiger partial charge in [-0.2, -0.15) is 0 Å². The highest BCUT2D eigenvalue weighted by Crippen LogP contribution is 2.31. The van der Waals surface area contributed by atoms with E-state index in [-0.39, 0.29) is 23.1 Å². The fourth-order valence-electron chi connectivity index (χ4n) is 4.90. The number of imidazole rings is 1. The van der Waals surface area contributed by atoms with E-state index >= 15 is 0 Å². The number of H-pyrrole nitrogens is 1. The normalized spacial score (nSPS) is 13.8. The van der Waals surface area contributed by atoms with Gasteiger partial charge in [0.15, 0.2) is 9.84 Å². The highest BCUT2D eigenvalue weighted by molar-refractivity contribution is 7.91. The fraction of sp³-hybridized carbons (Fsp3) is 0.300. The lowest BCUT2D eigenvalue weighted by atomic mass is 10.0. The second kappa shape index (κ2) is 10.9. The van der Waals surface area contributed by atoms with Gasteiger partial charge in [-0.25, -0.2) is 18.2 Å². The molecule has 5 rings (SSSR count). The van der Waals surface area contributed by atoms with Crippen molar-refractivity contribution in [3.63, 3.8) is 0 Å². The Balaban J connectivity index is 1.31. The zero-order valence-electron chi connectivity index (χ0n) is 23.1. The number of aromatic amines is 1. The van der Waals surface area contributed by atoms with Crippen molar-refractivity contribution in [3.8, 4) is 16.9 Å².